The molecule has 1 fully saturated rings. The topological polar surface area (TPSA) is 17.4 Å². The van der Waals surface area contributed by atoms with E-state index < -0.39 is 0 Å². The van der Waals surface area contributed by atoms with Gasteiger partial charge in [-0.25, -0.2) is 0 Å². The number of aromatic nitrogens is 1. The maximum Gasteiger partial charge on any atom is 0.0594 e. The summed E-state index contributed by atoms with van der Waals surface area (Å²) in [6.07, 6.45) is 2.19. The van der Waals surface area contributed by atoms with Gasteiger partial charge in [0.1, 0.15) is 0 Å². The van der Waals surface area contributed by atoms with Gasteiger partial charge in [0.15, 0.2) is 0 Å². The predicted molar refractivity (Wildman–Crippen MR) is 74.0 cm³/mol. The molecule has 0 saturated carbocycles. The lowest BCUT2D eigenvalue weighted by atomic mass is 10.1. The van der Waals surface area contributed by atoms with Gasteiger partial charge in [-0.3, -0.25) is 4.90 Å². The van der Waals surface area contributed by atoms with Crippen molar-refractivity contribution in [3.63, 3.8) is 0 Å². The molecule has 1 aliphatic rings. The van der Waals surface area contributed by atoms with Crippen LogP contribution in [-0.4, -0.2) is 35.8 Å². The van der Waals surface area contributed by atoms with Crippen LogP contribution in [0.25, 0.3) is 10.9 Å². The number of morpholine rings is 1. The molecule has 2 aromatic rings. The number of benzene rings is 1. The molecule has 1 saturated heterocycles. The number of nitrogens with zero attached hydrogens (tertiary/aromatic N) is 2. The van der Waals surface area contributed by atoms with Crippen LogP contribution < -0.4 is 0 Å². The van der Waals surface area contributed by atoms with Crippen molar-refractivity contribution in [1.29, 1.82) is 0 Å². The Morgan fingerprint density at radius 3 is 2.83 bits per heavy atom. The van der Waals surface area contributed by atoms with Crippen molar-refractivity contribution < 1.29 is 4.74 Å². The molecule has 0 N–H and O–H groups in total. The fraction of sp³-hybridized carbons (Fsp3) is 0.429. The first kappa shape index (κ1) is 12.0. The van der Waals surface area contributed by atoms with Gasteiger partial charge in [-0.1, -0.05) is 17.7 Å². The fourth-order valence-electron chi connectivity index (χ4n) is 2.61. The Morgan fingerprint density at radius 1 is 1.28 bits per heavy atom. The lowest BCUT2D eigenvalue weighted by Crippen LogP contribution is -2.35. The first-order valence-electron chi connectivity index (χ1n) is 6.28. The van der Waals surface area contributed by atoms with Gasteiger partial charge in [0, 0.05) is 43.8 Å². The largest absolute Gasteiger partial charge is 0.379 e. The Morgan fingerprint density at radius 2 is 2.06 bits per heavy atom. The zero-order valence-corrected chi connectivity index (χ0v) is 11.3. The van der Waals surface area contributed by atoms with Crippen LogP contribution in [-0.2, 0) is 18.3 Å². The van der Waals surface area contributed by atoms with E-state index in [0.717, 1.165) is 37.9 Å². The van der Waals surface area contributed by atoms with Crippen molar-refractivity contribution in [2.75, 3.05) is 26.3 Å². The Kier molecular flexibility index (Phi) is 3.29. The standard InChI is InChI=1S/C14H17ClN2O/c1-16-9-11(10-17-5-7-18-8-6-17)14-12(15)3-2-4-13(14)16/h2-4,9H,5-8,10H2,1H3. The summed E-state index contributed by atoms with van der Waals surface area (Å²) in [5, 5.41) is 2.03. The van der Waals surface area contributed by atoms with Gasteiger partial charge in [0.05, 0.1) is 18.2 Å². The van der Waals surface area contributed by atoms with Crippen LogP contribution in [0.4, 0.5) is 0 Å². The Balaban J connectivity index is 1.96. The van der Waals surface area contributed by atoms with Gasteiger partial charge in [-0.2, -0.15) is 0 Å². The average Bonchev–Trinajstić information content (AvgIpc) is 2.69. The molecule has 0 unspecified atom stereocenters. The van der Waals surface area contributed by atoms with E-state index in [2.05, 4.69) is 28.8 Å². The molecular weight excluding hydrogens is 248 g/mol. The fourth-order valence-corrected chi connectivity index (χ4v) is 2.90. The monoisotopic (exact) mass is 264 g/mol. The highest BCUT2D eigenvalue weighted by Gasteiger charge is 2.15. The highest BCUT2D eigenvalue weighted by Crippen LogP contribution is 2.29. The van der Waals surface area contributed by atoms with E-state index in [-0.39, 0.29) is 0 Å². The molecule has 96 valence electrons. The summed E-state index contributed by atoms with van der Waals surface area (Å²) >= 11 is 6.34. The van der Waals surface area contributed by atoms with Crippen LogP contribution in [0.3, 0.4) is 0 Å². The first-order chi connectivity index (χ1) is 8.75. The van der Waals surface area contributed by atoms with E-state index in [0.29, 0.717) is 0 Å². The van der Waals surface area contributed by atoms with Gasteiger partial charge >= 0.3 is 0 Å². The quantitative estimate of drug-likeness (QED) is 0.830. The van der Waals surface area contributed by atoms with E-state index in [1.54, 1.807) is 0 Å². The normalized spacial score (nSPS) is 17.4. The summed E-state index contributed by atoms with van der Waals surface area (Å²) in [5.41, 5.74) is 2.51. The van der Waals surface area contributed by atoms with Gasteiger partial charge in [0.2, 0.25) is 0 Å². The van der Waals surface area contributed by atoms with Gasteiger partial charge < -0.3 is 9.30 Å². The minimum atomic E-state index is 0.832. The second kappa shape index (κ2) is 4.92. The molecule has 2 heterocycles. The van der Waals surface area contributed by atoms with E-state index in [4.69, 9.17) is 16.3 Å². The molecule has 0 spiro atoms. The summed E-state index contributed by atoms with van der Waals surface area (Å²) in [7, 11) is 2.07. The van der Waals surface area contributed by atoms with Crippen LogP contribution in [0.2, 0.25) is 5.02 Å². The minimum absolute atomic E-state index is 0.832. The molecule has 0 aliphatic carbocycles. The van der Waals surface area contributed by atoms with E-state index >= 15 is 0 Å². The summed E-state index contributed by atoms with van der Waals surface area (Å²) in [5.74, 6) is 0. The Labute approximate surface area is 112 Å². The molecule has 0 atom stereocenters. The van der Waals surface area contributed by atoms with E-state index in [1.165, 1.54) is 16.5 Å². The number of halogens is 1. The zero-order chi connectivity index (χ0) is 12.5. The van der Waals surface area contributed by atoms with Crippen molar-refractivity contribution in [1.82, 2.24) is 9.47 Å². The summed E-state index contributed by atoms with van der Waals surface area (Å²) in [4.78, 5) is 2.42. The minimum Gasteiger partial charge on any atom is -0.379 e. The lowest BCUT2D eigenvalue weighted by molar-refractivity contribution is 0.0343. The summed E-state index contributed by atoms with van der Waals surface area (Å²) in [6.45, 7) is 4.61. The number of rotatable bonds is 2. The number of hydrogen-bond donors (Lipinski definition) is 0. The highest BCUT2D eigenvalue weighted by atomic mass is 35.5. The maximum absolute atomic E-state index is 6.34. The zero-order valence-electron chi connectivity index (χ0n) is 10.5. The SMILES string of the molecule is Cn1cc(CN2CCOCC2)c2c(Cl)cccc21. The predicted octanol–water partition coefficient (Wildman–Crippen LogP) is 2.66. The van der Waals surface area contributed by atoms with Crippen LogP contribution in [0, 0.1) is 0 Å². The highest BCUT2D eigenvalue weighted by molar-refractivity contribution is 6.35. The van der Waals surface area contributed by atoms with Crippen molar-refractivity contribution in [2.45, 2.75) is 6.54 Å². The molecule has 4 heteroatoms. The number of aryl methyl sites for hydroxylation is 1. The molecule has 1 aliphatic heterocycles. The molecule has 1 aromatic heterocycles. The third-order valence-electron chi connectivity index (χ3n) is 3.54. The van der Waals surface area contributed by atoms with Crippen LogP contribution in [0.5, 0.6) is 0 Å². The van der Waals surface area contributed by atoms with E-state index in [1.807, 2.05) is 12.1 Å². The number of fused-ring (bicyclic) bond motifs is 1. The average molecular weight is 265 g/mol. The Bertz CT molecular complexity index is 558. The van der Waals surface area contributed by atoms with E-state index in [9.17, 15) is 0 Å². The molecule has 0 radical (unpaired) electrons. The molecule has 0 amide bonds. The second-order valence-electron chi connectivity index (χ2n) is 4.79. The summed E-state index contributed by atoms with van der Waals surface area (Å²) < 4.78 is 7.53. The first-order valence-corrected chi connectivity index (χ1v) is 6.66. The molecule has 3 nitrogen and oxygen atoms in total. The summed E-state index contributed by atoms with van der Waals surface area (Å²) in [6, 6.07) is 6.08. The third kappa shape index (κ3) is 2.14. The van der Waals surface area contributed by atoms with Gasteiger partial charge in [-0.15, -0.1) is 0 Å². The van der Waals surface area contributed by atoms with Crippen LogP contribution >= 0.6 is 11.6 Å². The van der Waals surface area contributed by atoms with Gasteiger partial charge in [-0.05, 0) is 17.7 Å². The van der Waals surface area contributed by atoms with Crippen molar-refractivity contribution in [3.05, 3.63) is 35.0 Å². The molecular formula is C14H17ClN2O. The number of hydrogen-bond acceptors (Lipinski definition) is 2. The molecule has 18 heavy (non-hydrogen) atoms. The number of ether oxygens (including phenoxy) is 1. The Hall–Kier alpha value is -1.03. The molecule has 1 aromatic carbocycles. The van der Waals surface area contributed by atoms with Crippen LogP contribution in [0.15, 0.2) is 24.4 Å². The lowest BCUT2D eigenvalue weighted by Gasteiger charge is -2.26. The maximum atomic E-state index is 6.34. The second-order valence-corrected chi connectivity index (χ2v) is 5.19. The van der Waals surface area contributed by atoms with Crippen LogP contribution in [0.1, 0.15) is 5.56 Å². The smallest absolute Gasteiger partial charge is 0.0594 e. The third-order valence-corrected chi connectivity index (χ3v) is 3.85. The van der Waals surface area contributed by atoms with Crippen molar-refractivity contribution >= 4 is 22.5 Å². The van der Waals surface area contributed by atoms with Crippen molar-refractivity contribution in [3.8, 4) is 0 Å². The molecule has 3 rings (SSSR count). The molecule has 0 bridgehead atoms. The van der Waals surface area contributed by atoms with Crippen molar-refractivity contribution in [2.24, 2.45) is 7.05 Å². The van der Waals surface area contributed by atoms with Gasteiger partial charge in [0.25, 0.3) is 0 Å².